The van der Waals surface area contributed by atoms with Gasteiger partial charge < -0.3 is 10.1 Å². The normalized spacial score (nSPS) is 11.1. The lowest BCUT2D eigenvalue weighted by atomic mass is 10.0. The Balaban J connectivity index is 0.00000172. The van der Waals surface area contributed by atoms with Crippen LogP contribution in [0.15, 0.2) is 30.3 Å². The van der Waals surface area contributed by atoms with Crippen LogP contribution in [0.1, 0.15) is 45.0 Å². The Morgan fingerprint density at radius 1 is 1.15 bits per heavy atom. The third-order valence-electron chi connectivity index (χ3n) is 2.53. The van der Waals surface area contributed by atoms with Crippen LogP contribution in [0.5, 0.6) is 0 Å². The summed E-state index contributed by atoms with van der Waals surface area (Å²) in [5.74, 6) is -0.671. The summed E-state index contributed by atoms with van der Waals surface area (Å²) in [7, 11) is 0. The first-order valence-corrected chi connectivity index (χ1v) is 7.08. The Morgan fingerprint density at radius 2 is 1.70 bits per heavy atom. The van der Waals surface area contributed by atoms with E-state index in [1.807, 2.05) is 33.8 Å². The zero-order chi connectivity index (χ0) is 15.5. The van der Waals surface area contributed by atoms with Gasteiger partial charge in [-0.05, 0) is 25.0 Å². The molecule has 4 heteroatoms. The Kier molecular flexibility index (Phi) is 9.09. The molecule has 1 atom stereocenters. The molecule has 0 heterocycles. The van der Waals surface area contributed by atoms with E-state index in [2.05, 4.69) is 5.32 Å². The number of nitrogens with one attached hydrogen (secondary N) is 1. The van der Waals surface area contributed by atoms with Crippen molar-refractivity contribution in [2.24, 2.45) is 5.92 Å². The van der Waals surface area contributed by atoms with E-state index in [4.69, 9.17) is 4.74 Å². The summed E-state index contributed by atoms with van der Waals surface area (Å²) in [5.41, 5.74) is 0.535. The van der Waals surface area contributed by atoms with Gasteiger partial charge in [0.2, 0.25) is 0 Å². The van der Waals surface area contributed by atoms with Gasteiger partial charge in [0, 0.05) is 5.56 Å². The van der Waals surface area contributed by atoms with E-state index >= 15 is 0 Å². The average molecular weight is 279 g/mol. The number of amides is 1. The standard InChI is InChI=1S/C14H19NO3.C2H6/c1-4-18-14(17)12(10(2)3)15-13(16)11-8-6-5-7-9-11;1-2/h5-10,12H,4H2,1-3H3,(H,15,16);1-2H3. The lowest BCUT2D eigenvalue weighted by Crippen LogP contribution is -2.45. The molecule has 4 nitrogen and oxygen atoms in total. The molecule has 1 aromatic carbocycles. The van der Waals surface area contributed by atoms with Gasteiger partial charge in [-0.3, -0.25) is 4.79 Å². The maximum atomic E-state index is 11.9. The molecule has 1 rings (SSSR count). The van der Waals surface area contributed by atoms with Crippen molar-refractivity contribution in [3.63, 3.8) is 0 Å². The number of benzene rings is 1. The van der Waals surface area contributed by atoms with Crippen LogP contribution in [-0.2, 0) is 9.53 Å². The molecule has 0 saturated heterocycles. The average Bonchev–Trinajstić information content (AvgIpc) is 2.47. The van der Waals surface area contributed by atoms with Crippen molar-refractivity contribution in [2.75, 3.05) is 6.61 Å². The number of rotatable bonds is 5. The van der Waals surface area contributed by atoms with Crippen molar-refractivity contribution in [2.45, 2.75) is 40.7 Å². The minimum atomic E-state index is -0.613. The molecule has 112 valence electrons. The molecule has 0 aliphatic heterocycles. The second-order valence-electron chi connectivity index (χ2n) is 4.31. The number of esters is 1. The maximum absolute atomic E-state index is 11.9. The summed E-state index contributed by atoms with van der Waals surface area (Å²) < 4.78 is 4.95. The highest BCUT2D eigenvalue weighted by Crippen LogP contribution is 2.06. The predicted molar refractivity (Wildman–Crippen MR) is 80.5 cm³/mol. The highest BCUT2D eigenvalue weighted by Gasteiger charge is 2.25. The minimum absolute atomic E-state index is 0.0169. The predicted octanol–water partition coefficient (Wildman–Crippen LogP) is 3.03. The summed E-state index contributed by atoms with van der Waals surface area (Å²) >= 11 is 0. The molecule has 1 amide bonds. The fourth-order valence-corrected chi connectivity index (χ4v) is 1.54. The van der Waals surface area contributed by atoms with Crippen molar-refractivity contribution >= 4 is 11.9 Å². The molecule has 0 aromatic heterocycles. The lowest BCUT2D eigenvalue weighted by Gasteiger charge is -2.20. The summed E-state index contributed by atoms with van der Waals surface area (Å²) in [6, 6.07) is 8.20. The van der Waals surface area contributed by atoms with Crippen LogP contribution < -0.4 is 5.32 Å². The van der Waals surface area contributed by atoms with Crippen molar-refractivity contribution in [3.05, 3.63) is 35.9 Å². The van der Waals surface area contributed by atoms with Gasteiger partial charge in [-0.25, -0.2) is 4.79 Å². The van der Waals surface area contributed by atoms with E-state index in [1.165, 1.54) is 0 Å². The molecule has 0 bridgehead atoms. The second-order valence-corrected chi connectivity index (χ2v) is 4.31. The molecule has 0 radical (unpaired) electrons. The highest BCUT2D eigenvalue weighted by atomic mass is 16.5. The molecular weight excluding hydrogens is 254 g/mol. The molecule has 20 heavy (non-hydrogen) atoms. The fourth-order valence-electron chi connectivity index (χ4n) is 1.54. The topological polar surface area (TPSA) is 55.4 Å². The largest absolute Gasteiger partial charge is 0.464 e. The molecule has 0 saturated carbocycles. The third-order valence-corrected chi connectivity index (χ3v) is 2.53. The number of ether oxygens (including phenoxy) is 1. The zero-order valence-corrected chi connectivity index (χ0v) is 13.0. The number of carbonyl (C=O) groups excluding carboxylic acids is 2. The van der Waals surface area contributed by atoms with Gasteiger partial charge in [-0.1, -0.05) is 45.9 Å². The van der Waals surface area contributed by atoms with Crippen LogP contribution in [0.2, 0.25) is 0 Å². The van der Waals surface area contributed by atoms with E-state index in [9.17, 15) is 9.59 Å². The van der Waals surface area contributed by atoms with Gasteiger partial charge in [0.1, 0.15) is 6.04 Å². The number of carbonyl (C=O) groups is 2. The Labute approximate surface area is 121 Å². The SMILES string of the molecule is CC.CCOC(=O)C(NC(=O)c1ccccc1)C(C)C. The van der Waals surface area contributed by atoms with Gasteiger partial charge in [-0.15, -0.1) is 0 Å². The van der Waals surface area contributed by atoms with Crippen LogP contribution in [0.3, 0.4) is 0 Å². The first-order valence-electron chi connectivity index (χ1n) is 7.08. The monoisotopic (exact) mass is 279 g/mol. The van der Waals surface area contributed by atoms with Gasteiger partial charge >= 0.3 is 5.97 Å². The van der Waals surface area contributed by atoms with Crippen molar-refractivity contribution in [3.8, 4) is 0 Å². The van der Waals surface area contributed by atoms with E-state index in [0.29, 0.717) is 12.2 Å². The minimum Gasteiger partial charge on any atom is -0.464 e. The summed E-state index contributed by atoms with van der Waals surface area (Å²) in [4.78, 5) is 23.7. The third kappa shape index (κ3) is 5.87. The van der Waals surface area contributed by atoms with Crippen molar-refractivity contribution in [1.82, 2.24) is 5.32 Å². The molecule has 0 spiro atoms. The first-order chi connectivity index (χ1) is 9.56. The second kappa shape index (κ2) is 10.0. The van der Waals surface area contributed by atoms with Crippen molar-refractivity contribution in [1.29, 1.82) is 0 Å². The molecule has 0 aliphatic carbocycles. The quantitative estimate of drug-likeness (QED) is 0.843. The van der Waals surface area contributed by atoms with Gasteiger partial charge in [0.15, 0.2) is 0 Å². The van der Waals surface area contributed by atoms with E-state index in [-0.39, 0.29) is 11.8 Å². The fraction of sp³-hybridized carbons (Fsp3) is 0.500. The molecule has 1 aromatic rings. The van der Waals surface area contributed by atoms with Crippen LogP contribution in [0.25, 0.3) is 0 Å². The summed E-state index contributed by atoms with van der Waals surface area (Å²) in [6.45, 7) is 9.79. The smallest absolute Gasteiger partial charge is 0.328 e. The Hall–Kier alpha value is -1.84. The van der Waals surface area contributed by atoms with Gasteiger partial charge in [0.25, 0.3) is 5.91 Å². The van der Waals surface area contributed by atoms with Gasteiger partial charge in [0.05, 0.1) is 6.61 Å². The first kappa shape index (κ1) is 18.2. The molecule has 0 fully saturated rings. The van der Waals surface area contributed by atoms with Crippen LogP contribution >= 0.6 is 0 Å². The lowest BCUT2D eigenvalue weighted by molar-refractivity contribution is -0.146. The summed E-state index contributed by atoms with van der Waals surface area (Å²) in [5, 5.41) is 2.70. The number of hydrogen-bond acceptors (Lipinski definition) is 3. The molecule has 1 N–H and O–H groups in total. The number of hydrogen-bond donors (Lipinski definition) is 1. The summed E-state index contributed by atoms with van der Waals surface area (Å²) in [6.07, 6.45) is 0. The molecule has 0 aliphatic rings. The van der Waals surface area contributed by atoms with Gasteiger partial charge in [-0.2, -0.15) is 0 Å². The van der Waals surface area contributed by atoms with E-state index in [0.717, 1.165) is 0 Å². The molecular formula is C16H25NO3. The maximum Gasteiger partial charge on any atom is 0.328 e. The Morgan fingerprint density at radius 3 is 2.15 bits per heavy atom. The Bertz CT molecular complexity index is 401. The van der Waals surface area contributed by atoms with Crippen LogP contribution in [-0.4, -0.2) is 24.5 Å². The van der Waals surface area contributed by atoms with Crippen LogP contribution in [0.4, 0.5) is 0 Å². The van der Waals surface area contributed by atoms with E-state index in [1.54, 1.807) is 31.2 Å². The molecule has 1 unspecified atom stereocenters. The van der Waals surface area contributed by atoms with Crippen LogP contribution in [0, 0.1) is 5.92 Å². The highest BCUT2D eigenvalue weighted by molar-refractivity contribution is 5.96. The zero-order valence-electron chi connectivity index (χ0n) is 13.0. The van der Waals surface area contributed by atoms with E-state index < -0.39 is 12.0 Å². The van der Waals surface area contributed by atoms with Crippen molar-refractivity contribution < 1.29 is 14.3 Å².